The van der Waals surface area contributed by atoms with Crippen molar-refractivity contribution >= 4 is 11.7 Å². The lowest BCUT2D eigenvalue weighted by atomic mass is 10.0. The summed E-state index contributed by atoms with van der Waals surface area (Å²) in [6.07, 6.45) is 3.38. The predicted octanol–water partition coefficient (Wildman–Crippen LogP) is 3.92. The molecule has 27 heavy (non-hydrogen) atoms. The molecule has 1 fully saturated rings. The minimum Gasteiger partial charge on any atom is -0.310 e. The molecule has 0 saturated carbocycles. The molecular weight excluding hydrogens is 343 g/mol. The molecule has 1 amide bonds. The number of carbonyl (C=O) groups is 1. The molecule has 2 aromatic rings. The van der Waals surface area contributed by atoms with Gasteiger partial charge in [0.05, 0.1) is 17.8 Å². The molecule has 3 rings (SSSR count). The summed E-state index contributed by atoms with van der Waals surface area (Å²) in [6.45, 7) is 7.04. The molecule has 142 valence electrons. The Labute approximate surface area is 159 Å². The number of hydrogen-bond donors (Lipinski definition) is 1. The number of amides is 1. The SMILES string of the molecule is Cc1c(C#N)c(NC(=O)CN2CCCCC2C)n(-c2cccc(F)c2)c1C. The van der Waals surface area contributed by atoms with Crippen molar-refractivity contribution in [1.29, 1.82) is 5.26 Å². The van der Waals surface area contributed by atoms with Gasteiger partial charge >= 0.3 is 0 Å². The van der Waals surface area contributed by atoms with Crippen molar-refractivity contribution in [2.24, 2.45) is 0 Å². The van der Waals surface area contributed by atoms with Gasteiger partial charge in [0.25, 0.3) is 0 Å². The maximum Gasteiger partial charge on any atom is 0.239 e. The maximum absolute atomic E-state index is 13.7. The van der Waals surface area contributed by atoms with Gasteiger partial charge in [0, 0.05) is 11.7 Å². The predicted molar refractivity (Wildman–Crippen MR) is 103 cm³/mol. The van der Waals surface area contributed by atoms with Crippen LogP contribution in [0.15, 0.2) is 24.3 Å². The number of benzene rings is 1. The maximum atomic E-state index is 13.7. The van der Waals surface area contributed by atoms with Crippen molar-refractivity contribution in [3.05, 3.63) is 46.9 Å². The van der Waals surface area contributed by atoms with Crippen LogP contribution in [-0.4, -0.2) is 34.5 Å². The number of anilines is 1. The van der Waals surface area contributed by atoms with E-state index in [1.807, 2.05) is 13.8 Å². The van der Waals surface area contributed by atoms with Crippen LogP contribution in [0, 0.1) is 31.0 Å². The Kier molecular flexibility index (Phi) is 5.62. The minimum absolute atomic E-state index is 0.157. The Morgan fingerprint density at radius 3 is 2.81 bits per heavy atom. The van der Waals surface area contributed by atoms with Crippen LogP contribution in [0.25, 0.3) is 5.69 Å². The number of rotatable bonds is 4. The quantitative estimate of drug-likeness (QED) is 0.890. The van der Waals surface area contributed by atoms with E-state index in [9.17, 15) is 14.4 Å². The lowest BCUT2D eigenvalue weighted by molar-refractivity contribution is -0.118. The molecule has 0 bridgehead atoms. The standard InChI is InChI=1S/C21H25FN4O/c1-14-7-4-5-10-25(14)13-20(27)24-21-19(12-23)15(2)16(3)26(21)18-9-6-8-17(22)11-18/h6,8-9,11,14H,4-5,7,10,13H2,1-3H3,(H,24,27). The highest BCUT2D eigenvalue weighted by atomic mass is 19.1. The summed E-state index contributed by atoms with van der Waals surface area (Å²) in [7, 11) is 0. The van der Waals surface area contributed by atoms with E-state index in [1.54, 1.807) is 16.7 Å². The van der Waals surface area contributed by atoms with Gasteiger partial charge in [-0.1, -0.05) is 12.5 Å². The van der Waals surface area contributed by atoms with Crippen LogP contribution in [0.1, 0.15) is 43.0 Å². The summed E-state index contributed by atoms with van der Waals surface area (Å²) in [5.41, 5.74) is 2.58. The third-order valence-electron chi connectivity index (χ3n) is 5.44. The largest absolute Gasteiger partial charge is 0.310 e. The molecule has 0 aliphatic carbocycles. The molecule has 1 atom stereocenters. The Morgan fingerprint density at radius 1 is 1.37 bits per heavy atom. The Balaban J connectivity index is 1.93. The van der Waals surface area contributed by atoms with Gasteiger partial charge in [0.1, 0.15) is 17.7 Å². The van der Waals surface area contributed by atoms with Crippen molar-refractivity contribution in [2.75, 3.05) is 18.4 Å². The van der Waals surface area contributed by atoms with Crippen LogP contribution in [0.2, 0.25) is 0 Å². The zero-order valence-corrected chi connectivity index (χ0v) is 16.1. The van der Waals surface area contributed by atoms with Crippen molar-refractivity contribution in [1.82, 2.24) is 9.47 Å². The molecule has 6 heteroatoms. The summed E-state index contributed by atoms with van der Waals surface area (Å²) in [4.78, 5) is 14.9. The fourth-order valence-electron chi connectivity index (χ4n) is 3.75. The van der Waals surface area contributed by atoms with Gasteiger partial charge in [-0.05, 0) is 63.9 Å². The van der Waals surface area contributed by atoms with Crippen LogP contribution < -0.4 is 5.32 Å². The summed E-state index contributed by atoms with van der Waals surface area (Å²) < 4.78 is 15.5. The highest BCUT2D eigenvalue weighted by molar-refractivity contribution is 5.93. The number of nitriles is 1. The Bertz CT molecular complexity index is 896. The molecule has 1 unspecified atom stereocenters. The van der Waals surface area contributed by atoms with Gasteiger partial charge in [-0.3, -0.25) is 14.3 Å². The smallest absolute Gasteiger partial charge is 0.239 e. The minimum atomic E-state index is -0.365. The van der Waals surface area contributed by atoms with Crippen molar-refractivity contribution in [3.63, 3.8) is 0 Å². The third kappa shape index (κ3) is 3.88. The van der Waals surface area contributed by atoms with Crippen LogP contribution >= 0.6 is 0 Å². The number of halogens is 1. The number of nitrogens with zero attached hydrogens (tertiary/aromatic N) is 3. The molecule has 1 aromatic carbocycles. The molecule has 1 aliphatic rings. The zero-order valence-electron chi connectivity index (χ0n) is 16.1. The molecule has 1 N–H and O–H groups in total. The molecule has 2 heterocycles. The van der Waals surface area contributed by atoms with E-state index in [0.29, 0.717) is 29.7 Å². The van der Waals surface area contributed by atoms with E-state index in [1.165, 1.54) is 18.6 Å². The second-order valence-electron chi connectivity index (χ2n) is 7.22. The zero-order chi connectivity index (χ0) is 19.6. The summed E-state index contributed by atoms with van der Waals surface area (Å²) in [5.74, 6) is -0.112. The van der Waals surface area contributed by atoms with Gasteiger partial charge < -0.3 is 5.32 Å². The van der Waals surface area contributed by atoms with Gasteiger partial charge in [0.2, 0.25) is 5.91 Å². The van der Waals surface area contributed by atoms with Crippen molar-refractivity contribution in [2.45, 2.75) is 46.1 Å². The molecule has 1 aromatic heterocycles. The fourth-order valence-corrected chi connectivity index (χ4v) is 3.75. The molecule has 1 saturated heterocycles. The van der Waals surface area contributed by atoms with Gasteiger partial charge in [-0.2, -0.15) is 5.26 Å². The lowest BCUT2D eigenvalue weighted by Crippen LogP contribution is -2.42. The Morgan fingerprint density at radius 2 is 2.15 bits per heavy atom. The average molecular weight is 368 g/mol. The number of aromatic nitrogens is 1. The first kappa shape index (κ1) is 19.1. The van der Waals surface area contributed by atoms with E-state index < -0.39 is 0 Å². The highest BCUT2D eigenvalue weighted by Gasteiger charge is 2.24. The van der Waals surface area contributed by atoms with E-state index in [2.05, 4.69) is 23.2 Å². The summed E-state index contributed by atoms with van der Waals surface area (Å²) in [5, 5.41) is 12.5. The summed E-state index contributed by atoms with van der Waals surface area (Å²) in [6, 6.07) is 8.71. The number of likely N-dealkylation sites (tertiary alicyclic amines) is 1. The second kappa shape index (κ2) is 7.93. The normalized spacial score (nSPS) is 17.5. The number of piperidine rings is 1. The average Bonchev–Trinajstić information content (AvgIpc) is 2.87. The van der Waals surface area contributed by atoms with Gasteiger partial charge in [0.15, 0.2) is 0 Å². The van der Waals surface area contributed by atoms with E-state index >= 15 is 0 Å². The van der Waals surface area contributed by atoms with Crippen LogP contribution in [0.4, 0.5) is 10.2 Å². The fraction of sp³-hybridized carbons (Fsp3) is 0.429. The molecule has 0 radical (unpaired) electrons. The van der Waals surface area contributed by atoms with E-state index in [-0.39, 0.29) is 11.7 Å². The highest BCUT2D eigenvalue weighted by Crippen LogP contribution is 2.30. The Hall–Kier alpha value is -2.65. The molecule has 0 spiro atoms. The van der Waals surface area contributed by atoms with Gasteiger partial charge in [-0.15, -0.1) is 0 Å². The molecular formula is C21H25FN4O. The first-order valence-corrected chi connectivity index (χ1v) is 9.34. The number of nitrogens with one attached hydrogen (secondary N) is 1. The second-order valence-corrected chi connectivity index (χ2v) is 7.22. The first-order chi connectivity index (χ1) is 12.9. The molecule has 5 nitrogen and oxygen atoms in total. The van der Waals surface area contributed by atoms with Crippen molar-refractivity contribution in [3.8, 4) is 11.8 Å². The van der Waals surface area contributed by atoms with E-state index in [4.69, 9.17) is 0 Å². The number of carbonyl (C=O) groups excluding carboxylic acids is 1. The number of hydrogen-bond acceptors (Lipinski definition) is 3. The summed E-state index contributed by atoms with van der Waals surface area (Å²) >= 11 is 0. The van der Waals surface area contributed by atoms with Crippen LogP contribution in [-0.2, 0) is 4.79 Å². The first-order valence-electron chi connectivity index (χ1n) is 9.34. The molecule has 1 aliphatic heterocycles. The van der Waals surface area contributed by atoms with Crippen LogP contribution in [0.5, 0.6) is 0 Å². The lowest BCUT2D eigenvalue weighted by Gasteiger charge is -2.32. The topological polar surface area (TPSA) is 61.1 Å². The van der Waals surface area contributed by atoms with Gasteiger partial charge in [-0.25, -0.2) is 4.39 Å². The van der Waals surface area contributed by atoms with Crippen LogP contribution in [0.3, 0.4) is 0 Å². The third-order valence-corrected chi connectivity index (χ3v) is 5.44. The van der Waals surface area contributed by atoms with E-state index in [0.717, 1.165) is 30.6 Å². The van der Waals surface area contributed by atoms with Crippen molar-refractivity contribution < 1.29 is 9.18 Å². The monoisotopic (exact) mass is 368 g/mol.